The topological polar surface area (TPSA) is 98.7 Å². The van der Waals surface area contributed by atoms with Crippen molar-refractivity contribution in [2.24, 2.45) is 0 Å². The van der Waals surface area contributed by atoms with Crippen LogP contribution in [0.3, 0.4) is 0 Å². The summed E-state index contributed by atoms with van der Waals surface area (Å²) in [5.41, 5.74) is -1.13. The molecule has 1 aromatic carbocycles. The SMILES string of the molecule is CN(C)C[C@]1(c2ccccc2)CC[C@]2(CC1)CN(c1cnc(N3CCS(=O)(=O)CC3)nc1C(F)(F)F)C(=O)N2. The molecule has 212 valence electrons. The number of nitrogens with zero attached hydrogens (tertiary/aromatic N) is 5. The van der Waals surface area contributed by atoms with Crippen molar-refractivity contribution in [3.05, 3.63) is 47.8 Å². The Morgan fingerprint density at radius 2 is 1.69 bits per heavy atom. The third kappa shape index (κ3) is 5.56. The van der Waals surface area contributed by atoms with Gasteiger partial charge in [-0.3, -0.25) is 4.90 Å². The highest BCUT2D eigenvalue weighted by atomic mass is 32.2. The van der Waals surface area contributed by atoms with E-state index in [0.717, 1.165) is 30.5 Å². The van der Waals surface area contributed by atoms with E-state index in [2.05, 4.69) is 32.3 Å². The Labute approximate surface area is 226 Å². The molecule has 0 atom stereocenters. The molecule has 2 aliphatic heterocycles. The van der Waals surface area contributed by atoms with Gasteiger partial charge in [0.25, 0.3) is 0 Å². The van der Waals surface area contributed by atoms with Crippen molar-refractivity contribution in [1.82, 2.24) is 20.2 Å². The normalized spacial score (nSPS) is 27.3. The van der Waals surface area contributed by atoms with Crippen LogP contribution in [0.25, 0.3) is 0 Å². The molecule has 9 nitrogen and oxygen atoms in total. The van der Waals surface area contributed by atoms with Crippen molar-refractivity contribution in [3.63, 3.8) is 0 Å². The van der Waals surface area contributed by atoms with Crippen molar-refractivity contribution in [1.29, 1.82) is 0 Å². The predicted octanol–water partition coefficient (Wildman–Crippen LogP) is 3.07. The average molecular weight is 567 g/mol. The highest BCUT2D eigenvalue weighted by molar-refractivity contribution is 7.91. The van der Waals surface area contributed by atoms with E-state index in [0.29, 0.717) is 12.8 Å². The number of rotatable bonds is 5. The van der Waals surface area contributed by atoms with Gasteiger partial charge in [-0.05, 0) is 45.3 Å². The van der Waals surface area contributed by atoms with Gasteiger partial charge < -0.3 is 15.1 Å². The molecule has 3 fully saturated rings. The second kappa shape index (κ2) is 9.92. The van der Waals surface area contributed by atoms with Crippen LogP contribution in [0.15, 0.2) is 36.5 Å². The average Bonchev–Trinajstić information content (AvgIpc) is 3.21. The van der Waals surface area contributed by atoms with E-state index in [1.54, 1.807) is 0 Å². The summed E-state index contributed by atoms with van der Waals surface area (Å²) in [5.74, 6) is -0.534. The van der Waals surface area contributed by atoms with Crippen LogP contribution in [0.2, 0.25) is 0 Å². The first-order chi connectivity index (χ1) is 18.3. The maximum atomic E-state index is 14.2. The molecule has 13 heteroatoms. The number of benzene rings is 1. The molecule has 2 aromatic rings. The van der Waals surface area contributed by atoms with E-state index in [1.807, 2.05) is 32.3 Å². The molecule has 1 aliphatic carbocycles. The largest absolute Gasteiger partial charge is 0.435 e. The summed E-state index contributed by atoms with van der Waals surface area (Å²) in [6, 6.07) is 9.65. The van der Waals surface area contributed by atoms with Crippen molar-refractivity contribution >= 4 is 27.5 Å². The number of likely N-dealkylation sites (N-methyl/N-ethyl adjacent to an activating group) is 1. The molecule has 1 N–H and O–H groups in total. The molecule has 39 heavy (non-hydrogen) atoms. The summed E-state index contributed by atoms with van der Waals surface area (Å²) >= 11 is 0. The lowest BCUT2D eigenvalue weighted by Crippen LogP contribution is -2.52. The van der Waals surface area contributed by atoms with Gasteiger partial charge in [-0.1, -0.05) is 30.3 Å². The summed E-state index contributed by atoms with van der Waals surface area (Å²) < 4.78 is 66.0. The monoisotopic (exact) mass is 566 g/mol. The standard InChI is InChI=1S/C26H33F3N6O3S/c1-33(2)17-24(19-6-4-3-5-7-19)8-10-25(11-9-24)18-35(23(36)32-25)20-16-30-22(31-21(20)26(27,28)29)34-12-14-39(37,38)15-13-34/h3-7,16H,8-15,17-18H2,1-2H3,(H,32,36)/t24-,25-. The van der Waals surface area contributed by atoms with Gasteiger partial charge >= 0.3 is 12.2 Å². The zero-order valence-electron chi connectivity index (χ0n) is 22.0. The number of alkyl halides is 3. The highest BCUT2D eigenvalue weighted by Gasteiger charge is 2.51. The number of halogens is 3. The number of hydrogen-bond acceptors (Lipinski definition) is 7. The zero-order valence-corrected chi connectivity index (χ0v) is 22.9. The minimum absolute atomic E-state index is 0.0163. The predicted molar refractivity (Wildman–Crippen MR) is 142 cm³/mol. The van der Waals surface area contributed by atoms with Crippen LogP contribution >= 0.6 is 0 Å². The molecule has 2 amide bonds. The first kappa shape index (κ1) is 27.6. The molecule has 2 saturated heterocycles. The van der Waals surface area contributed by atoms with E-state index < -0.39 is 39.0 Å². The minimum atomic E-state index is -4.83. The van der Waals surface area contributed by atoms with Gasteiger partial charge in [-0.25, -0.2) is 23.2 Å². The van der Waals surface area contributed by atoms with E-state index in [4.69, 9.17) is 0 Å². The summed E-state index contributed by atoms with van der Waals surface area (Å²) in [7, 11) is 0.831. The lowest BCUT2D eigenvalue weighted by molar-refractivity contribution is -0.140. The number of nitrogens with one attached hydrogen (secondary N) is 1. The van der Waals surface area contributed by atoms with Crippen molar-refractivity contribution in [2.75, 3.05) is 61.6 Å². The second-order valence-corrected chi connectivity index (χ2v) is 13.5. The van der Waals surface area contributed by atoms with E-state index in [-0.39, 0.29) is 42.5 Å². The summed E-state index contributed by atoms with van der Waals surface area (Å²) in [6.45, 7) is 0.952. The molecule has 1 saturated carbocycles. The smallest absolute Gasteiger partial charge is 0.339 e. The second-order valence-electron chi connectivity index (χ2n) is 11.2. The molecule has 0 unspecified atom stereocenters. The van der Waals surface area contributed by atoms with Gasteiger partial charge in [0.2, 0.25) is 5.95 Å². The summed E-state index contributed by atoms with van der Waals surface area (Å²) in [5, 5.41) is 3.00. The van der Waals surface area contributed by atoms with Crippen molar-refractivity contribution in [3.8, 4) is 0 Å². The number of hydrogen-bond donors (Lipinski definition) is 1. The molecular weight excluding hydrogens is 533 g/mol. The Hall–Kier alpha value is -2.93. The third-order valence-electron chi connectivity index (χ3n) is 8.19. The Morgan fingerprint density at radius 3 is 2.28 bits per heavy atom. The zero-order chi connectivity index (χ0) is 28.1. The lowest BCUT2D eigenvalue weighted by Gasteiger charge is -2.46. The van der Waals surface area contributed by atoms with E-state index in [9.17, 15) is 26.4 Å². The Balaban J connectivity index is 1.39. The van der Waals surface area contributed by atoms with Crippen LogP contribution in [-0.4, -0.2) is 86.6 Å². The van der Waals surface area contributed by atoms with Gasteiger partial charge in [-0.2, -0.15) is 13.2 Å². The van der Waals surface area contributed by atoms with Crippen molar-refractivity contribution in [2.45, 2.75) is 42.8 Å². The fraction of sp³-hybridized carbons (Fsp3) is 0.577. The van der Waals surface area contributed by atoms with Gasteiger partial charge in [0, 0.05) is 25.0 Å². The number of carbonyl (C=O) groups excluding carboxylic acids is 1. The van der Waals surface area contributed by atoms with Crippen LogP contribution in [0.5, 0.6) is 0 Å². The molecule has 1 spiro atoms. The molecule has 1 aromatic heterocycles. The molecule has 0 radical (unpaired) electrons. The maximum absolute atomic E-state index is 14.2. The third-order valence-corrected chi connectivity index (χ3v) is 9.80. The number of sulfone groups is 1. The number of carbonyl (C=O) groups is 1. The first-order valence-electron chi connectivity index (χ1n) is 13.0. The number of urea groups is 1. The van der Waals surface area contributed by atoms with Crippen LogP contribution in [0, 0.1) is 0 Å². The fourth-order valence-corrected chi connectivity index (χ4v) is 7.37. The van der Waals surface area contributed by atoms with Crippen LogP contribution in [-0.2, 0) is 21.4 Å². The summed E-state index contributed by atoms with van der Waals surface area (Å²) in [6.07, 6.45) is -0.978. The molecule has 3 heterocycles. The Bertz CT molecular complexity index is 1310. The van der Waals surface area contributed by atoms with E-state index >= 15 is 0 Å². The maximum Gasteiger partial charge on any atom is 0.435 e. The van der Waals surface area contributed by atoms with Gasteiger partial charge in [0.1, 0.15) is 0 Å². The van der Waals surface area contributed by atoms with Crippen LogP contribution < -0.4 is 15.1 Å². The molecule has 3 aliphatic rings. The van der Waals surface area contributed by atoms with Gasteiger partial charge in [0.05, 0.1) is 35.5 Å². The number of anilines is 2. The van der Waals surface area contributed by atoms with Crippen LogP contribution in [0.4, 0.5) is 29.6 Å². The Morgan fingerprint density at radius 1 is 1.05 bits per heavy atom. The number of aromatic nitrogens is 2. The summed E-state index contributed by atoms with van der Waals surface area (Å²) in [4.78, 5) is 25.7. The first-order valence-corrected chi connectivity index (χ1v) is 14.8. The minimum Gasteiger partial charge on any atom is -0.339 e. The van der Waals surface area contributed by atoms with Gasteiger partial charge in [0.15, 0.2) is 15.5 Å². The fourth-order valence-electron chi connectivity index (χ4n) is 6.17. The molecular formula is C26H33F3N6O3S. The highest BCUT2D eigenvalue weighted by Crippen LogP contribution is 2.46. The quantitative estimate of drug-likeness (QED) is 0.594. The van der Waals surface area contributed by atoms with Gasteiger partial charge in [-0.15, -0.1) is 0 Å². The van der Waals surface area contributed by atoms with Crippen LogP contribution in [0.1, 0.15) is 36.9 Å². The Kier molecular flexibility index (Phi) is 7.03. The van der Waals surface area contributed by atoms with Crippen molar-refractivity contribution < 1.29 is 26.4 Å². The van der Waals surface area contributed by atoms with E-state index in [1.165, 1.54) is 10.5 Å². The molecule has 0 bridgehead atoms. The molecule has 5 rings (SSSR count). The lowest BCUT2D eigenvalue weighted by atomic mass is 9.64. The number of amides is 2.